The molecule has 66 heavy (non-hydrogen) atoms. The summed E-state index contributed by atoms with van der Waals surface area (Å²) in [4.78, 5) is 36.0. The second-order valence-electron chi connectivity index (χ2n) is 13.9. The third-order valence-corrected chi connectivity index (χ3v) is 12.9. The third-order valence-electron chi connectivity index (χ3n) is 9.37. The maximum Gasteiger partial charge on any atom is 0.323 e. The van der Waals surface area contributed by atoms with E-state index < -0.39 is 89.1 Å². The Balaban J connectivity index is 1.08. The van der Waals surface area contributed by atoms with Gasteiger partial charge < -0.3 is 16.0 Å². The van der Waals surface area contributed by atoms with Crippen LogP contribution in [0.3, 0.4) is 0 Å². The third kappa shape index (κ3) is 10.2. The summed E-state index contributed by atoms with van der Waals surface area (Å²) >= 11 is 0. The number of ketones is 2. The molecule has 7 rings (SSSR count). The van der Waals surface area contributed by atoms with E-state index in [1.54, 1.807) is 30.3 Å². The Hall–Kier alpha value is -7.63. The van der Waals surface area contributed by atoms with E-state index in [1.165, 1.54) is 30.4 Å². The smallest absolute Gasteiger partial charge is 0.323 e. The molecule has 0 saturated heterocycles. The molecule has 27 heteroatoms. The fraction of sp³-hybridized carbons (Fsp3) is 0. The molecule has 4 aromatic carbocycles. The number of Topliss-reactive ketones (excluding diaryl/α,β-unsaturated/α-hetero) is 1. The first-order valence-corrected chi connectivity index (χ1v) is 24.0. The SMILES string of the molecule is N=C1C=CC2=CC(S(=O)(=O)O)=CC(=O)C2=C1NNc1ccc(NC(=O)Nc2ccc(NN=C3C(=O)c4ccc(Nc5ccccc5)cc4C=C3S(=O)(=O)O)c(S(=O)(=O)O)c2)cc1S(=O)(=O)O. The number of hydrazine groups is 1. The van der Waals surface area contributed by atoms with Gasteiger partial charge in [0, 0.05) is 34.4 Å². The second-order valence-corrected chi connectivity index (χ2v) is 19.5. The lowest BCUT2D eigenvalue weighted by atomic mass is 9.89. The number of nitrogens with zero attached hydrogens (tertiary/aromatic N) is 1. The molecule has 340 valence electrons. The van der Waals surface area contributed by atoms with Crippen molar-refractivity contribution in [3.63, 3.8) is 0 Å². The van der Waals surface area contributed by atoms with Crippen molar-refractivity contribution >= 4 is 110 Å². The van der Waals surface area contributed by atoms with E-state index in [4.69, 9.17) is 5.41 Å². The van der Waals surface area contributed by atoms with Crippen LogP contribution < -0.4 is 32.2 Å². The number of hydrogen-bond acceptors (Lipinski definition) is 17. The lowest BCUT2D eigenvalue weighted by Crippen LogP contribution is -2.31. The summed E-state index contributed by atoms with van der Waals surface area (Å²) in [5.41, 5.74) is 5.21. The number of allylic oxidation sites excluding steroid dienone is 7. The maximum absolute atomic E-state index is 13.5. The van der Waals surface area contributed by atoms with Crippen LogP contribution in [0.4, 0.5) is 38.9 Å². The number of para-hydroxylation sites is 1. The van der Waals surface area contributed by atoms with Crippen LogP contribution in [0.15, 0.2) is 151 Å². The van der Waals surface area contributed by atoms with Gasteiger partial charge in [-0.2, -0.15) is 38.8 Å². The van der Waals surface area contributed by atoms with E-state index in [1.807, 2.05) is 0 Å². The quantitative estimate of drug-likeness (QED) is 0.0648. The predicted octanol–water partition coefficient (Wildman–Crippen LogP) is 4.50. The Labute approximate surface area is 373 Å². The Bertz CT molecular complexity index is 3490. The van der Waals surface area contributed by atoms with Gasteiger partial charge in [0.25, 0.3) is 40.5 Å². The summed E-state index contributed by atoms with van der Waals surface area (Å²) in [6.07, 6.45) is 4.98. The summed E-state index contributed by atoms with van der Waals surface area (Å²) in [6, 6.07) is 17.9. The van der Waals surface area contributed by atoms with E-state index in [0.717, 1.165) is 48.6 Å². The largest absolute Gasteiger partial charge is 0.356 e. The molecule has 2 amide bonds. The number of nitrogens with one attached hydrogen (secondary N) is 7. The van der Waals surface area contributed by atoms with Crippen molar-refractivity contribution in [1.29, 1.82) is 5.41 Å². The monoisotopic (exact) mass is 978 g/mol. The average Bonchev–Trinajstić information content (AvgIpc) is 3.22. The lowest BCUT2D eigenvalue weighted by molar-refractivity contribution is -0.111. The normalized spacial score (nSPS) is 15.8. The lowest BCUT2D eigenvalue weighted by Gasteiger charge is -2.23. The summed E-state index contributed by atoms with van der Waals surface area (Å²) in [5, 5.41) is 19.6. The number of benzene rings is 4. The molecule has 0 saturated carbocycles. The molecule has 0 heterocycles. The highest BCUT2D eigenvalue weighted by Crippen LogP contribution is 2.33. The summed E-state index contributed by atoms with van der Waals surface area (Å²) in [7, 11) is -20.1. The van der Waals surface area contributed by atoms with E-state index >= 15 is 0 Å². The van der Waals surface area contributed by atoms with Gasteiger partial charge >= 0.3 is 6.03 Å². The molecule has 0 unspecified atom stereocenters. The molecule has 0 spiro atoms. The maximum atomic E-state index is 13.5. The van der Waals surface area contributed by atoms with Crippen LogP contribution >= 0.6 is 0 Å². The summed E-state index contributed by atoms with van der Waals surface area (Å²) in [6.45, 7) is 0. The fourth-order valence-corrected chi connectivity index (χ4v) is 8.98. The zero-order valence-corrected chi connectivity index (χ0v) is 36.1. The zero-order valence-electron chi connectivity index (χ0n) is 32.8. The Kier molecular flexibility index (Phi) is 12.2. The number of amides is 2. The number of anilines is 6. The van der Waals surface area contributed by atoms with Crippen molar-refractivity contribution in [3.05, 3.63) is 147 Å². The molecule has 0 bridgehead atoms. The molecular formula is C39H30N8O15S4. The van der Waals surface area contributed by atoms with Gasteiger partial charge in [-0.1, -0.05) is 24.3 Å². The molecule has 3 aliphatic rings. The Morgan fingerprint density at radius 2 is 1.21 bits per heavy atom. The van der Waals surface area contributed by atoms with Gasteiger partial charge in [-0.25, -0.2) is 4.79 Å². The molecule has 4 aromatic rings. The number of rotatable bonds is 13. The number of hydrogen-bond donors (Lipinski definition) is 11. The molecule has 0 fully saturated rings. The Morgan fingerprint density at radius 1 is 0.606 bits per heavy atom. The van der Waals surface area contributed by atoms with Crippen molar-refractivity contribution in [2.45, 2.75) is 9.79 Å². The van der Waals surface area contributed by atoms with Crippen LogP contribution in [0.5, 0.6) is 0 Å². The van der Waals surface area contributed by atoms with E-state index in [9.17, 15) is 66.3 Å². The number of carbonyl (C=O) groups excluding carboxylic acids is 3. The Morgan fingerprint density at radius 3 is 1.82 bits per heavy atom. The van der Waals surface area contributed by atoms with Gasteiger partial charge in [0.05, 0.1) is 33.3 Å². The highest BCUT2D eigenvalue weighted by atomic mass is 32.2. The molecule has 0 aromatic heterocycles. The van der Waals surface area contributed by atoms with Gasteiger partial charge in [0.15, 0.2) is 11.5 Å². The number of hydrazone groups is 1. The van der Waals surface area contributed by atoms with Crippen molar-refractivity contribution in [1.82, 2.24) is 5.43 Å². The molecule has 0 atom stereocenters. The van der Waals surface area contributed by atoms with Crippen LogP contribution in [0.1, 0.15) is 15.9 Å². The van der Waals surface area contributed by atoms with E-state index in [0.29, 0.717) is 17.5 Å². The molecule has 23 nitrogen and oxygen atoms in total. The van der Waals surface area contributed by atoms with Crippen molar-refractivity contribution in [2.24, 2.45) is 5.10 Å². The van der Waals surface area contributed by atoms with E-state index in [2.05, 4.69) is 37.3 Å². The predicted molar refractivity (Wildman–Crippen MR) is 240 cm³/mol. The second kappa shape index (κ2) is 17.4. The molecule has 11 N–H and O–H groups in total. The first-order valence-electron chi connectivity index (χ1n) is 18.2. The van der Waals surface area contributed by atoms with Crippen LogP contribution in [0.2, 0.25) is 0 Å². The van der Waals surface area contributed by atoms with Crippen molar-refractivity contribution in [3.8, 4) is 0 Å². The summed E-state index contributed by atoms with van der Waals surface area (Å²) < 4.78 is 137. The van der Waals surface area contributed by atoms with Crippen LogP contribution in [-0.2, 0) is 45.3 Å². The zero-order chi connectivity index (χ0) is 47.9. The topological polar surface area (TPSA) is 377 Å². The van der Waals surface area contributed by atoms with Crippen molar-refractivity contribution in [2.75, 3.05) is 26.8 Å². The summed E-state index contributed by atoms with van der Waals surface area (Å²) in [5.74, 6) is -1.91. The highest BCUT2D eigenvalue weighted by molar-refractivity contribution is 7.91. The molecule has 0 radical (unpaired) electrons. The van der Waals surface area contributed by atoms with Gasteiger partial charge in [-0.3, -0.25) is 49.5 Å². The standard InChI is InChI=1S/C39H30N8O15S4/c40-28-11-6-20-15-26(63(51,52)53)19-31(48)35(20)36(28)46-44-29-12-8-24(17-32(29)64(54,55)56)42-39(50)43-25-9-13-30(33(18-25)65(57,58)59)45-47-37-34(66(60,61)62)16-21-14-23(7-10-27(21)38(37)49)41-22-4-2-1-3-5-22/h1-19,40-41,44-46H,(H2,42,43,50)(H,51,52,53)(H,54,55,56)(H,57,58,59)(H,60,61,62). The first kappa shape index (κ1) is 46.4. The minimum absolute atomic E-state index is 0.0134. The van der Waals surface area contributed by atoms with Crippen LogP contribution in [0, 0.1) is 5.41 Å². The number of carbonyl (C=O) groups is 3. The minimum atomic E-state index is -5.16. The van der Waals surface area contributed by atoms with Gasteiger partial charge in [0.2, 0.25) is 5.78 Å². The van der Waals surface area contributed by atoms with Gasteiger partial charge in [-0.05, 0) is 96.1 Å². The van der Waals surface area contributed by atoms with Gasteiger partial charge in [-0.15, -0.1) is 0 Å². The molecule has 3 aliphatic carbocycles. The molecule has 0 aliphatic heterocycles. The van der Waals surface area contributed by atoms with Crippen LogP contribution in [-0.4, -0.2) is 80.9 Å². The minimum Gasteiger partial charge on any atom is -0.356 e. The van der Waals surface area contributed by atoms with E-state index in [-0.39, 0.29) is 50.7 Å². The number of urea groups is 1. The van der Waals surface area contributed by atoms with Crippen LogP contribution in [0.25, 0.3) is 6.08 Å². The average molecular weight is 979 g/mol. The highest BCUT2D eigenvalue weighted by Gasteiger charge is 2.34. The number of fused-ring (bicyclic) bond motifs is 2. The fourth-order valence-electron chi connectivity index (χ4n) is 6.45. The first-order chi connectivity index (χ1) is 30.9. The van der Waals surface area contributed by atoms with Crippen molar-refractivity contribution < 1.29 is 66.3 Å². The molecular weight excluding hydrogens is 949 g/mol. The van der Waals surface area contributed by atoms with Gasteiger partial charge in [0.1, 0.15) is 14.7 Å².